The van der Waals surface area contributed by atoms with Crippen molar-refractivity contribution in [1.82, 2.24) is 10.6 Å². The van der Waals surface area contributed by atoms with Crippen LogP contribution in [0.1, 0.15) is 32.4 Å². The summed E-state index contributed by atoms with van der Waals surface area (Å²) in [5.41, 5.74) is 0.866. The van der Waals surface area contributed by atoms with E-state index < -0.39 is 29.6 Å². The summed E-state index contributed by atoms with van der Waals surface area (Å²) in [7, 11) is 0. The second-order valence-electron chi connectivity index (χ2n) is 6.07. The number of hydrogen-bond acceptors (Lipinski definition) is 2. The Hall–Kier alpha value is -2.96. The minimum Gasteiger partial charge on any atom is -0.328 e. The maximum absolute atomic E-state index is 13.1. The SMILES string of the molecule is O=C(NC(NC(=O)c1ccc(F)cc1)c1ccc(Cl)c(Cl)c1)c1ccc(F)cc1. The predicted octanol–water partition coefficient (Wildman–Crippen LogP) is 5.13. The lowest BCUT2D eigenvalue weighted by molar-refractivity contribution is 0.0883. The van der Waals surface area contributed by atoms with Gasteiger partial charge in [0.15, 0.2) is 0 Å². The Morgan fingerprint density at radius 1 is 0.690 bits per heavy atom. The van der Waals surface area contributed by atoms with Crippen molar-refractivity contribution in [1.29, 1.82) is 0 Å². The third-order valence-corrected chi connectivity index (χ3v) is 4.78. The van der Waals surface area contributed by atoms with Crippen LogP contribution in [0.15, 0.2) is 66.7 Å². The second-order valence-corrected chi connectivity index (χ2v) is 6.88. The second kappa shape index (κ2) is 9.03. The highest BCUT2D eigenvalue weighted by Gasteiger charge is 2.20. The molecule has 0 atom stereocenters. The van der Waals surface area contributed by atoms with Gasteiger partial charge in [-0.25, -0.2) is 8.78 Å². The smallest absolute Gasteiger partial charge is 0.253 e. The standard InChI is InChI=1S/C21H14Cl2F2N2O2/c22-17-10-5-14(11-18(17)23)19(26-20(28)12-1-6-15(24)7-2-12)27-21(29)13-3-8-16(25)9-4-13/h1-11,19H,(H,26,28)(H,27,29). The van der Waals surface area contributed by atoms with E-state index >= 15 is 0 Å². The van der Waals surface area contributed by atoms with Gasteiger partial charge in [0, 0.05) is 11.1 Å². The van der Waals surface area contributed by atoms with Crippen LogP contribution >= 0.6 is 23.2 Å². The Morgan fingerprint density at radius 2 is 1.14 bits per heavy atom. The van der Waals surface area contributed by atoms with Crippen molar-refractivity contribution in [2.75, 3.05) is 0 Å². The highest BCUT2D eigenvalue weighted by atomic mass is 35.5. The van der Waals surface area contributed by atoms with Crippen LogP contribution in [0.2, 0.25) is 10.0 Å². The molecule has 148 valence electrons. The van der Waals surface area contributed by atoms with Crippen molar-refractivity contribution in [3.05, 3.63) is 105 Å². The van der Waals surface area contributed by atoms with Gasteiger partial charge in [0.25, 0.3) is 11.8 Å². The van der Waals surface area contributed by atoms with Gasteiger partial charge >= 0.3 is 0 Å². The quantitative estimate of drug-likeness (QED) is 0.546. The molecule has 0 saturated carbocycles. The molecule has 0 aliphatic heterocycles. The molecule has 2 N–H and O–H groups in total. The summed E-state index contributed by atoms with van der Waals surface area (Å²) in [4.78, 5) is 25.1. The average Bonchev–Trinajstić information content (AvgIpc) is 2.70. The summed E-state index contributed by atoms with van der Waals surface area (Å²) in [6, 6.07) is 14.5. The van der Waals surface area contributed by atoms with Gasteiger partial charge < -0.3 is 10.6 Å². The monoisotopic (exact) mass is 434 g/mol. The molecule has 8 heteroatoms. The zero-order valence-corrected chi connectivity index (χ0v) is 16.3. The first-order valence-electron chi connectivity index (χ1n) is 8.41. The molecule has 0 unspecified atom stereocenters. The molecule has 0 bridgehead atoms. The van der Waals surface area contributed by atoms with E-state index in [2.05, 4.69) is 10.6 Å². The van der Waals surface area contributed by atoms with Crippen LogP contribution in [0.4, 0.5) is 8.78 Å². The van der Waals surface area contributed by atoms with Gasteiger partial charge in [-0.15, -0.1) is 0 Å². The van der Waals surface area contributed by atoms with Crippen LogP contribution in [0.5, 0.6) is 0 Å². The van der Waals surface area contributed by atoms with E-state index in [1.807, 2.05) is 0 Å². The number of amides is 2. The molecule has 0 fully saturated rings. The van der Waals surface area contributed by atoms with Crippen LogP contribution in [-0.2, 0) is 0 Å². The molecule has 2 amide bonds. The third kappa shape index (κ3) is 5.31. The Morgan fingerprint density at radius 3 is 1.55 bits per heavy atom. The fourth-order valence-electron chi connectivity index (χ4n) is 2.53. The molecule has 0 aliphatic rings. The third-order valence-electron chi connectivity index (χ3n) is 4.04. The summed E-state index contributed by atoms with van der Waals surface area (Å²) in [6.45, 7) is 0. The van der Waals surface area contributed by atoms with Crippen molar-refractivity contribution in [3.63, 3.8) is 0 Å². The molecule has 0 aliphatic carbocycles. The fourth-order valence-corrected chi connectivity index (χ4v) is 2.83. The maximum atomic E-state index is 13.1. The molecule has 0 radical (unpaired) electrons. The van der Waals surface area contributed by atoms with Crippen molar-refractivity contribution >= 4 is 35.0 Å². The number of nitrogens with one attached hydrogen (secondary N) is 2. The van der Waals surface area contributed by atoms with E-state index in [0.29, 0.717) is 10.6 Å². The number of halogens is 4. The Balaban J connectivity index is 1.87. The molecule has 0 saturated heterocycles. The molecule has 0 heterocycles. The molecular weight excluding hydrogens is 421 g/mol. The molecule has 0 aromatic heterocycles. The Labute approximate surface area is 175 Å². The number of benzene rings is 3. The van der Waals surface area contributed by atoms with Crippen molar-refractivity contribution < 1.29 is 18.4 Å². The highest BCUT2D eigenvalue weighted by Crippen LogP contribution is 2.25. The number of hydrogen-bond donors (Lipinski definition) is 2. The van der Waals surface area contributed by atoms with E-state index in [-0.39, 0.29) is 16.1 Å². The van der Waals surface area contributed by atoms with Gasteiger partial charge in [-0.05, 0) is 66.2 Å². The number of carbonyl (C=O) groups excluding carboxylic acids is 2. The zero-order chi connectivity index (χ0) is 21.0. The van der Waals surface area contributed by atoms with E-state index in [9.17, 15) is 18.4 Å². The molecule has 0 spiro atoms. The lowest BCUT2D eigenvalue weighted by Gasteiger charge is -2.21. The first kappa shape index (κ1) is 20.8. The summed E-state index contributed by atoms with van der Waals surface area (Å²) in [5.74, 6) is -2.04. The van der Waals surface area contributed by atoms with Gasteiger partial charge in [0.05, 0.1) is 10.0 Å². The topological polar surface area (TPSA) is 58.2 Å². The van der Waals surface area contributed by atoms with Gasteiger partial charge in [-0.2, -0.15) is 0 Å². The molecule has 29 heavy (non-hydrogen) atoms. The summed E-state index contributed by atoms with van der Waals surface area (Å²) in [5, 5.41) is 5.86. The van der Waals surface area contributed by atoms with Crippen LogP contribution < -0.4 is 10.6 Å². The van der Waals surface area contributed by atoms with Crippen LogP contribution in [0, 0.1) is 11.6 Å². The Kier molecular flexibility index (Phi) is 6.46. The summed E-state index contributed by atoms with van der Waals surface area (Å²) in [6.07, 6.45) is -0.972. The predicted molar refractivity (Wildman–Crippen MR) is 107 cm³/mol. The van der Waals surface area contributed by atoms with E-state index in [0.717, 1.165) is 24.3 Å². The minimum absolute atomic E-state index is 0.201. The molecular formula is C21H14Cl2F2N2O2. The van der Waals surface area contributed by atoms with Crippen molar-refractivity contribution in [2.24, 2.45) is 0 Å². The van der Waals surface area contributed by atoms with Gasteiger partial charge in [0.1, 0.15) is 17.8 Å². The fraction of sp³-hybridized carbons (Fsp3) is 0.0476. The van der Waals surface area contributed by atoms with Gasteiger partial charge in [0.2, 0.25) is 0 Å². The lowest BCUT2D eigenvalue weighted by atomic mass is 10.1. The van der Waals surface area contributed by atoms with Crippen molar-refractivity contribution in [3.8, 4) is 0 Å². The Bertz CT molecular complexity index is 982. The largest absolute Gasteiger partial charge is 0.328 e. The summed E-state index contributed by atoms with van der Waals surface area (Å²) < 4.78 is 26.2. The van der Waals surface area contributed by atoms with Crippen LogP contribution in [0.25, 0.3) is 0 Å². The maximum Gasteiger partial charge on any atom is 0.253 e. The number of rotatable bonds is 5. The molecule has 4 nitrogen and oxygen atoms in total. The highest BCUT2D eigenvalue weighted by molar-refractivity contribution is 6.42. The molecule has 3 aromatic rings. The average molecular weight is 435 g/mol. The molecule has 3 aromatic carbocycles. The van der Waals surface area contributed by atoms with Crippen molar-refractivity contribution in [2.45, 2.75) is 6.17 Å². The van der Waals surface area contributed by atoms with Gasteiger partial charge in [-0.1, -0.05) is 29.3 Å². The normalized spacial score (nSPS) is 10.7. The summed E-state index contributed by atoms with van der Waals surface area (Å²) >= 11 is 12.0. The van der Waals surface area contributed by atoms with Crippen LogP contribution in [-0.4, -0.2) is 11.8 Å². The zero-order valence-electron chi connectivity index (χ0n) is 14.8. The first-order chi connectivity index (χ1) is 13.8. The van der Waals surface area contributed by atoms with E-state index in [4.69, 9.17) is 23.2 Å². The molecule has 3 rings (SSSR count). The van der Waals surface area contributed by atoms with E-state index in [1.165, 1.54) is 36.4 Å². The first-order valence-corrected chi connectivity index (χ1v) is 9.17. The van der Waals surface area contributed by atoms with Crippen LogP contribution in [0.3, 0.4) is 0 Å². The number of carbonyl (C=O) groups is 2. The lowest BCUT2D eigenvalue weighted by Crippen LogP contribution is -2.41. The van der Waals surface area contributed by atoms with E-state index in [1.54, 1.807) is 6.07 Å². The minimum atomic E-state index is -0.972. The van der Waals surface area contributed by atoms with Gasteiger partial charge in [-0.3, -0.25) is 9.59 Å².